The third kappa shape index (κ3) is 75.1. The molecule has 14 heteroatoms. The number of aliphatic hydroxyl groups is 8. The first kappa shape index (κ1) is 122. The Morgan fingerprint density at radius 1 is 0.214 bits per heavy atom. The highest BCUT2D eigenvalue weighted by atomic mass is 16.5. The molecule has 14 atom stereocenters. The molecule has 0 aliphatic carbocycles. The summed E-state index contributed by atoms with van der Waals surface area (Å²) in [5.41, 5.74) is -10.3. The zero-order valence-corrected chi connectivity index (χ0v) is 81.1. The molecule has 14 nitrogen and oxygen atoms in total. The minimum atomic E-state index is -1.01. The van der Waals surface area contributed by atoms with E-state index in [0.29, 0.717) is 111 Å². The summed E-state index contributed by atoms with van der Waals surface area (Å²) in [5, 5.41) is 77.6. The van der Waals surface area contributed by atoms with Gasteiger partial charge in [0.05, 0.1) is 0 Å². The molecule has 0 aromatic rings. The lowest BCUT2D eigenvalue weighted by Gasteiger charge is -2.29. The second kappa shape index (κ2) is 56.7. The molecule has 14 unspecified atom stereocenters. The van der Waals surface area contributed by atoms with E-state index in [0.717, 1.165) is 51.4 Å². The SMILES string of the molecule is CC(C)(O)C#CC(C)(C)O.CC(C)CC(C)(O)C#CC(C)(O)CC(C)C.CCC(C)(O)C#CC(C)(O)CC.CCC(C)CC(C)(O)C#CC(C)(O)CC(C)CC.CCOC(C)(C#CC(C)(CC(C)C)OCC)CC(C)C.COC(C)(C#CC(C)(CC(C)C)OC)CC(C)C.COC(C)(C#CC(C)(CC(C)C)OC)CC(C)C. The summed E-state index contributed by atoms with van der Waals surface area (Å²) in [6, 6.07) is 0. The van der Waals surface area contributed by atoms with Crippen molar-refractivity contribution in [2.75, 3.05) is 41.7 Å². The summed E-state index contributed by atoms with van der Waals surface area (Å²) in [7, 11) is 6.90. The van der Waals surface area contributed by atoms with Gasteiger partial charge >= 0.3 is 0 Å². The Morgan fingerprint density at radius 3 is 0.518 bits per heavy atom. The van der Waals surface area contributed by atoms with Crippen molar-refractivity contribution in [2.24, 2.45) is 59.2 Å². The summed E-state index contributed by atoms with van der Waals surface area (Å²) in [6.45, 7) is 80.8. The van der Waals surface area contributed by atoms with Crippen molar-refractivity contribution in [3.05, 3.63) is 0 Å². The second-order valence-corrected chi connectivity index (χ2v) is 38.5. The van der Waals surface area contributed by atoms with Crippen molar-refractivity contribution >= 4 is 0 Å². The van der Waals surface area contributed by atoms with Crippen LogP contribution in [-0.4, -0.2) is 161 Å². The summed E-state index contributed by atoms with van der Waals surface area (Å²) in [6.07, 6.45) is 11.3. The Morgan fingerprint density at radius 2 is 0.375 bits per heavy atom. The van der Waals surface area contributed by atoms with Crippen molar-refractivity contribution in [2.45, 2.75) is 445 Å². The molecule has 0 heterocycles. The molecule has 0 aliphatic rings. The van der Waals surface area contributed by atoms with Crippen molar-refractivity contribution in [3.8, 4) is 82.9 Å². The Labute approximate surface area is 694 Å². The predicted octanol–water partition coefficient (Wildman–Crippen LogP) is 20.2. The van der Waals surface area contributed by atoms with Gasteiger partial charge in [-0.05, 0) is 261 Å². The molecule has 112 heavy (non-hydrogen) atoms. The summed E-state index contributed by atoms with van der Waals surface area (Å²) in [5.74, 6) is 46.5. The molecular weight excluding hydrogens is 1400 g/mol. The molecule has 0 spiro atoms. The first-order chi connectivity index (χ1) is 50.2. The molecule has 0 fully saturated rings. The van der Waals surface area contributed by atoms with Gasteiger partial charge < -0.3 is 69.3 Å². The molecule has 0 aliphatic heterocycles. The first-order valence-electron chi connectivity index (χ1n) is 42.3. The standard InChI is InChI=1S/C18H34O2.3C16H30O2.C14H26O2.C10H18O2.C8H14O2/c1-9-19-17(7,13-15(3)4)11-12-18(8,20-10-2)14-16(5)6;2*1-13(2)11-15(5,17-7)9-10-16(6,18-8)12-14(3)4;1-7-13(3)11-15(5,17)9-10-16(6,18)12-14(4)8-2;1-11(2)9-13(5,15)7-8-14(6,16)10-12(3)4;1-5-9(3,11)7-8-10(4,12)6-2;1-7(2,9)5-6-8(3,4)10/h15-16H,9-10,13-14H2,1-8H3;2*13-14H,11-12H2,1-8H3;13-14,17-18H,7-8,11-12H2,1-6H3;11-12,15-16H,9-10H2,1-6H3;11-12H,5-6H2,1-4H3;9-10H,1-4H3. The lowest BCUT2D eigenvalue weighted by atomic mass is 9.88. The number of hydrogen-bond donors (Lipinski definition) is 8. The molecule has 0 saturated heterocycles. The lowest BCUT2D eigenvalue weighted by Crippen LogP contribution is -2.33. The fraction of sp³-hybridized carbons (Fsp3) is 0.857. The van der Waals surface area contributed by atoms with E-state index in [1.54, 1.807) is 97.7 Å². The van der Waals surface area contributed by atoms with E-state index in [1.807, 2.05) is 83.1 Å². The molecule has 0 aromatic heterocycles. The third-order valence-electron chi connectivity index (χ3n) is 17.6. The van der Waals surface area contributed by atoms with E-state index < -0.39 is 44.8 Å². The number of hydrogen-bond acceptors (Lipinski definition) is 14. The fourth-order valence-electron chi connectivity index (χ4n) is 11.9. The Balaban J connectivity index is -0.000000232. The van der Waals surface area contributed by atoms with Crippen molar-refractivity contribution in [3.63, 3.8) is 0 Å². The minimum absolute atomic E-state index is 0.377. The normalized spacial score (nSPS) is 18.3. The van der Waals surface area contributed by atoms with E-state index in [4.69, 9.17) is 38.6 Å². The van der Waals surface area contributed by atoms with Crippen LogP contribution in [0.1, 0.15) is 367 Å². The average Bonchev–Trinajstić information content (AvgIpc) is 0.862. The Kier molecular flexibility index (Phi) is 61.5. The largest absolute Gasteiger partial charge is 0.378 e. The molecule has 8 N–H and O–H groups in total. The van der Waals surface area contributed by atoms with Gasteiger partial charge in [0.15, 0.2) is 0 Å². The topological polar surface area (TPSA) is 217 Å². The highest BCUT2D eigenvalue weighted by molar-refractivity contribution is 5.25. The van der Waals surface area contributed by atoms with Crippen LogP contribution in [0.2, 0.25) is 0 Å². The lowest BCUT2D eigenvalue weighted by molar-refractivity contribution is -0.00235. The maximum atomic E-state index is 10.2. The van der Waals surface area contributed by atoms with Crippen LogP contribution in [0.25, 0.3) is 0 Å². The van der Waals surface area contributed by atoms with E-state index in [-0.39, 0.29) is 33.6 Å². The molecule has 658 valence electrons. The van der Waals surface area contributed by atoms with Crippen LogP contribution in [0, 0.1) is 142 Å². The average molecular weight is 1580 g/mol. The quantitative estimate of drug-likeness (QED) is 0.0294. The van der Waals surface area contributed by atoms with Crippen molar-refractivity contribution in [1.29, 1.82) is 0 Å². The van der Waals surface area contributed by atoms with Gasteiger partial charge in [-0.3, -0.25) is 0 Å². The molecular formula is C98H182O14. The van der Waals surface area contributed by atoms with Crippen molar-refractivity contribution in [1.82, 2.24) is 0 Å². The minimum Gasteiger partial charge on any atom is -0.378 e. The molecule has 0 amide bonds. The highest BCUT2D eigenvalue weighted by Gasteiger charge is 2.32. The molecule has 0 rings (SSSR count). The smallest absolute Gasteiger partial charge is 0.126 e. The monoisotopic (exact) mass is 1580 g/mol. The van der Waals surface area contributed by atoms with E-state index in [2.05, 4.69) is 208 Å². The number of rotatable bonds is 32. The number of methoxy groups -OCH3 is 4. The molecule has 0 bridgehead atoms. The summed E-state index contributed by atoms with van der Waals surface area (Å²) in [4.78, 5) is 0. The van der Waals surface area contributed by atoms with Crippen LogP contribution in [0.5, 0.6) is 0 Å². The maximum absolute atomic E-state index is 10.2. The maximum Gasteiger partial charge on any atom is 0.126 e. The summed E-state index contributed by atoms with van der Waals surface area (Å²) >= 11 is 0. The van der Waals surface area contributed by atoms with Crippen LogP contribution in [-0.2, 0) is 28.4 Å². The van der Waals surface area contributed by atoms with Gasteiger partial charge in [0.2, 0.25) is 0 Å². The Bertz CT molecular complexity index is 2700. The Hall–Kier alpha value is -3.64. The van der Waals surface area contributed by atoms with E-state index >= 15 is 0 Å². The predicted molar refractivity (Wildman–Crippen MR) is 477 cm³/mol. The van der Waals surface area contributed by atoms with Gasteiger partial charge in [-0.2, -0.15) is 0 Å². The van der Waals surface area contributed by atoms with Gasteiger partial charge in [-0.25, -0.2) is 0 Å². The van der Waals surface area contributed by atoms with E-state index in [1.165, 1.54) is 0 Å². The second-order valence-electron chi connectivity index (χ2n) is 38.5. The van der Waals surface area contributed by atoms with Gasteiger partial charge in [-0.15, -0.1) is 0 Å². The van der Waals surface area contributed by atoms with Crippen LogP contribution >= 0.6 is 0 Å². The van der Waals surface area contributed by atoms with Crippen LogP contribution < -0.4 is 0 Å². The molecule has 0 radical (unpaired) electrons. The van der Waals surface area contributed by atoms with Gasteiger partial charge in [0.25, 0.3) is 0 Å². The zero-order valence-electron chi connectivity index (χ0n) is 81.1. The van der Waals surface area contributed by atoms with Gasteiger partial charge in [-0.1, -0.05) is 248 Å². The van der Waals surface area contributed by atoms with Crippen LogP contribution in [0.4, 0.5) is 0 Å². The van der Waals surface area contributed by atoms with Crippen LogP contribution in [0.3, 0.4) is 0 Å². The zero-order chi connectivity index (χ0) is 90.2. The van der Waals surface area contributed by atoms with Gasteiger partial charge in [0.1, 0.15) is 78.4 Å². The van der Waals surface area contributed by atoms with Crippen LogP contribution in [0.15, 0.2) is 0 Å². The van der Waals surface area contributed by atoms with Crippen molar-refractivity contribution < 1.29 is 69.3 Å². The van der Waals surface area contributed by atoms with Gasteiger partial charge in [0, 0.05) is 41.7 Å². The molecule has 0 saturated carbocycles. The molecule has 0 aromatic carbocycles. The highest BCUT2D eigenvalue weighted by Crippen LogP contribution is 2.29. The summed E-state index contributed by atoms with van der Waals surface area (Å²) < 4.78 is 34.0. The third-order valence-corrected chi connectivity index (χ3v) is 17.6. The van der Waals surface area contributed by atoms with E-state index in [9.17, 15) is 30.6 Å². The first-order valence-corrected chi connectivity index (χ1v) is 42.3. The fourth-order valence-corrected chi connectivity index (χ4v) is 11.9. The number of ether oxygens (including phenoxy) is 6.